The van der Waals surface area contributed by atoms with E-state index >= 15 is 0 Å². The standard InChI is InChI=1S/C14H11ClN2O/c15-14-10(9-2-1-7-16-8-9)3-5-12-11(14)4-6-13(18)17-12/h1-3,5,7-8H,4,6H2,(H,17,18). The zero-order valence-corrected chi connectivity index (χ0v) is 10.4. The van der Waals surface area contributed by atoms with Crippen LogP contribution in [-0.2, 0) is 11.2 Å². The van der Waals surface area contributed by atoms with E-state index in [1.807, 2.05) is 24.3 Å². The predicted octanol–water partition coefficient (Wildman–Crippen LogP) is 3.29. The van der Waals surface area contributed by atoms with Crippen molar-refractivity contribution in [1.82, 2.24) is 4.98 Å². The molecule has 1 aliphatic heterocycles. The van der Waals surface area contributed by atoms with Crippen molar-refractivity contribution in [3.8, 4) is 11.1 Å². The van der Waals surface area contributed by atoms with Crippen LogP contribution in [0, 0.1) is 0 Å². The van der Waals surface area contributed by atoms with E-state index in [0.29, 0.717) is 17.9 Å². The van der Waals surface area contributed by atoms with Crippen molar-refractivity contribution in [2.24, 2.45) is 0 Å². The summed E-state index contributed by atoms with van der Waals surface area (Å²) < 4.78 is 0. The minimum atomic E-state index is 0.0488. The number of nitrogens with one attached hydrogen (secondary N) is 1. The third-order valence-corrected chi connectivity index (χ3v) is 3.52. The second-order valence-corrected chi connectivity index (χ2v) is 4.62. The summed E-state index contributed by atoms with van der Waals surface area (Å²) in [5.74, 6) is 0.0488. The third-order valence-electron chi connectivity index (χ3n) is 3.09. The monoisotopic (exact) mass is 258 g/mol. The Bertz CT molecular complexity index is 611. The van der Waals surface area contributed by atoms with Crippen molar-refractivity contribution in [2.75, 3.05) is 5.32 Å². The molecule has 18 heavy (non-hydrogen) atoms. The molecule has 3 nitrogen and oxygen atoms in total. The molecule has 0 aliphatic carbocycles. The average Bonchev–Trinajstić information content (AvgIpc) is 2.40. The van der Waals surface area contributed by atoms with Gasteiger partial charge >= 0.3 is 0 Å². The van der Waals surface area contributed by atoms with Gasteiger partial charge in [-0.15, -0.1) is 0 Å². The maximum atomic E-state index is 11.3. The Balaban J connectivity index is 2.12. The van der Waals surface area contributed by atoms with Crippen LogP contribution in [0.3, 0.4) is 0 Å². The van der Waals surface area contributed by atoms with Crippen LogP contribution in [0.1, 0.15) is 12.0 Å². The summed E-state index contributed by atoms with van der Waals surface area (Å²) in [5.41, 5.74) is 3.78. The maximum Gasteiger partial charge on any atom is 0.224 e. The van der Waals surface area contributed by atoms with E-state index in [-0.39, 0.29) is 5.91 Å². The van der Waals surface area contributed by atoms with E-state index in [2.05, 4.69) is 10.3 Å². The van der Waals surface area contributed by atoms with E-state index in [0.717, 1.165) is 22.4 Å². The number of nitrogens with zero attached hydrogens (tertiary/aromatic N) is 1. The van der Waals surface area contributed by atoms with E-state index < -0.39 is 0 Å². The van der Waals surface area contributed by atoms with Gasteiger partial charge in [-0.1, -0.05) is 23.7 Å². The molecule has 0 saturated carbocycles. The van der Waals surface area contributed by atoms with Gasteiger partial charge in [0, 0.05) is 35.6 Å². The molecule has 0 spiro atoms. The van der Waals surface area contributed by atoms with Gasteiger partial charge in [0.15, 0.2) is 0 Å². The fraction of sp³-hybridized carbons (Fsp3) is 0.143. The van der Waals surface area contributed by atoms with Gasteiger partial charge < -0.3 is 5.32 Å². The normalized spacial score (nSPS) is 13.9. The van der Waals surface area contributed by atoms with Crippen LogP contribution in [-0.4, -0.2) is 10.9 Å². The largest absolute Gasteiger partial charge is 0.326 e. The summed E-state index contributed by atoms with van der Waals surface area (Å²) in [6.45, 7) is 0. The van der Waals surface area contributed by atoms with E-state index in [4.69, 9.17) is 11.6 Å². The van der Waals surface area contributed by atoms with E-state index in [1.165, 1.54) is 0 Å². The van der Waals surface area contributed by atoms with Crippen LogP contribution in [0.25, 0.3) is 11.1 Å². The Morgan fingerprint density at radius 1 is 1.22 bits per heavy atom. The van der Waals surface area contributed by atoms with Crippen molar-refractivity contribution in [2.45, 2.75) is 12.8 Å². The molecular formula is C14H11ClN2O. The number of anilines is 1. The zero-order valence-electron chi connectivity index (χ0n) is 9.61. The van der Waals surface area contributed by atoms with Crippen LogP contribution in [0.2, 0.25) is 5.02 Å². The molecule has 0 unspecified atom stereocenters. The third kappa shape index (κ3) is 1.87. The van der Waals surface area contributed by atoms with Gasteiger partial charge in [0.1, 0.15) is 0 Å². The molecule has 0 saturated heterocycles. The molecule has 2 heterocycles. The lowest BCUT2D eigenvalue weighted by molar-refractivity contribution is -0.116. The van der Waals surface area contributed by atoms with Crippen molar-refractivity contribution in [1.29, 1.82) is 0 Å². The highest BCUT2D eigenvalue weighted by Gasteiger charge is 2.19. The summed E-state index contributed by atoms with van der Waals surface area (Å²) in [5, 5.41) is 3.55. The molecule has 2 aromatic rings. The van der Waals surface area contributed by atoms with Crippen molar-refractivity contribution >= 4 is 23.2 Å². The van der Waals surface area contributed by atoms with Gasteiger partial charge in [-0.25, -0.2) is 0 Å². The van der Waals surface area contributed by atoms with Crippen LogP contribution < -0.4 is 5.32 Å². The topological polar surface area (TPSA) is 42.0 Å². The smallest absolute Gasteiger partial charge is 0.224 e. The fourth-order valence-electron chi connectivity index (χ4n) is 2.18. The van der Waals surface area contributed by atoms with Crippen LogP contribution in [0.15, 0.2) is 36.7 Å². The van der Waals surface area contributed by atoms with Gasteiger partial charge in [0.2, 0.25) is 5.91 Å². The number of benzene rings is 1. The number of amides is 1. The first-order chi connectivity index (χ1) is 8.75. The molecule has 0 atom stereocenters. The number of halogens is 1. The summed E-state index contributed by atoms with van der Waals surface area (Å²) in [4.78, 5) is 15.4. The van der Waals surface area contributed by atoms with E-state index in [9.17, 15) is 4.79 Å². The molecule has 1 aromatic carbocycles. The summed E-state index contributed by atoms with van der Waals surface area (Å²) >= 11 is 6.43. The number of rotatable bonds is 1. The second-order valence-electron chi connectivity index (χ2n) is 4.24. The first-order valence-electron chi connectivity index (χ1n) is 5.77. The first kappa shape index (κ1) is 11.2. The van der Waals surface area contributed by atoms with Crippen LogP contribution in [0.5, 0.6) is 0 Å². The number of fused-ring (bicyclic) bond motifs is 1. The van der Waals surface area contributed by atoms with Gasteiger partial charge in [0.05, 0.1) is 5.02 Å². The van der Waals surface area contributed by atoms with Gasteiger partial charge in [-0.2, -0.15) is 0 Å². The molecule has 0 fully saturated rings. The van der Waals surface area contributed by atoms with E-state index in [1.54, 1.807) is 12.4 Å². The van der Waals surface area contributed by atoms with Crippen LogP contribution in [0.4, 0.5) is 5.69 Å². The Labute approximate surface area is 110 Å². The predicted molar refractivity (Wildman–Crippen MR) is 71.6 cm³/mol. The molecule has 1 N–H and O–H groups in total. The number of carbonyl (C=O) groups is 1. The molecule has 0 radical (unpaired) electrons. The Hall–Kier alpha value is -1.87. The minimum absolute atomic E-state index is 0.0488. The van der Waals surface area contributed by atoms with Crippen molar-refractivity contribution < 1.29 is 4.79 Å². The highest BCUT2D eigenvalue weighted by molar-refractivity contribution is 6.34. The van der Waals surface area contributed by atoms with Gasteiger partial charge in [0.25, 0.3) is 0 Å². The highest BCUT2D eigenvalue weighted by Crippen LogP contribution is 2.36. The zero-order chi connectivity index (χ0) is 12.5. The summed E-state index contributed by atoms with van der Waals surface area (Å²) in [6.07, 6.45) is 4.70. The molecule has 1 aromatic heterocycles. The quantitative estimate of drug-likeness (QED) is 0.853. The Kier molecular flexibility index (Phi) is 2.76. The number of pyridine rings is 1. The number of aromatic nitrogens is 1. The Morgan fingerprint density at radius 2 is 2.11 bits per heavy atom. The van der Waals surface area contributed by atoms with Gasteiger partial charge in [-0.05, 0) is 24.1 Å². The summed E-state index contributed by atoms with van der Waals surface area (Å²) in [6, 6.07) is 7.68. The lowest BCUT2D eigenvalue weighted by atomic mass is 9.97. The van der Waals surface area contributed by atoms with Crippen LogP contribution >= 0.6 is 11.6 Å². The first-order valence-corrected chi connectivity index (χ1v) is 6.15. The molecule has 1 amide bonds. The average molecular weight is 259 g/mol. The van der Waals surface area contributed by atoms with Gasteiger partial charge in [-0.3, -0.25) is 9.78 Å². The number of hydrogen-bond acceptors (Lipinski definition) is 2. The molecule has 1 aliphatic rings. The number of carbonyl (C=O) groups excluding carboxylic acids is 1. The SMILES string of the molecule is O=C1CCc2c(ccc(-c3cccnc3)c2Cl)N1. The molecular weight excluding hydrogens is 248 g/mol. The molecule has 90 valence electrons. The Morgan fingerprint density at radius 3 is 2.89 bits per heavy atom. The lowest BCUT2D eigenvalue weighted by Gasteiger charge is -2.19. The maximum absolute atomic E-state index is 11.3. The molecule has 4 heteroatoms. The molecule has 3 rings (SSSR count). The molecule has 0 bridgehead atoms. The number of hydrogen-bond donors (Lipinski definition) is 1. The van der Waals surface area contributed by atoms with Crippen molar-refractivity contribution in [3.63, 3.8) is 0 Å². The highest BCUT2D eigenvalue weighted by atomic mass is 35.5. The fourth-order valence-corrected chi connectivity index (χ4v) is 2.55. The summed E-state index contributed by atoms with van der Waals surface area (Å²) in [7, 11) is 0. The van der Waals surface area contributed by atoms with Crippen molar-refractivity contribution in [3.05, 3.63) is 47.2 Å². The lowest BCUT2D eigenvalue weighted by Crippen LogP contribution is -2.19. The second kappa shape index (κ2) is 4.42. The minimum Gasteiger partial charge on any atom is -0.326 e.